The van der Waals surface area contributed by atoms with Gasteiger partial charge in [-0.25, -0.2) is 9.97 Å². The molecule has 0 saturated heterocycles. The average molecular weight is 207 g/mol. The van der Waals surface area contributed by atoms with Crippen LogP contribution < -0.4 is 0 Å². The van der Waals surface area contributed by atoms with Gasteiger partial charge in [-0.05, 0) is 6.07 Å². The van der Waals surface area contributed by atoms with E-state index >= 15 is 0 Å². The van der Waals surface area contributed by atoms with Crippen LogP contribution in [0.3, 0.4) is 0 Å². The predicted octanol–water partition coefficient (Wildman–Crippen LogP) is 1.21. The van der Waals surface area contributed by atoms with Crippen LogP contribution in [0.15, 0.2) is 30.2 Å². The van der Waals surface area contributed by atoms with Crippen LogP contribution >= 0.6 is 11.3 Å². The number of nitrogens with zero attached hydrogens (tertiary/aromatic N) is 3. The van der Waals surface area contributed by atoms with Gasteiger partial charge >= 0.3 is 0 Å². The molecule has 0 aliphatic heterocycles. The highest BCUT2D eigenvalue weighted by molar-refractivity contribution is 7.09. The Morgan fingerprint density at radius 1 is 1.36 bits per heavy atom. The topological polar surface area (TPSA) is 58.9 Å². The second-order valence-corrected chi connectivity index (χ2v) is 3.77. The molecule has 0 aromatic carbocycles. The van der Waals surface area contributed by atoms with E-state index in [1.54, 1.807) is 30.2 Å². The van der Waals surface area contributed by atoms with E-state index in [2.05, 4.69) is 15.0 Å². The summed E-state index contributed by atoms with van der Waals surface area (Å²) in [7, 11) is 0. The average Bonchev–Trinajstić information content (AvgIpc) is 2.72. The summed E-state index contributed by atoms with van der Waals surface area (Å²) >= 11 is 1.52. The summed E-state index contributed by atoms with van der Waals surface area (Å²) in [6.45, 7) is 0. The van der Waals surface area contributed by atoms with Crippen LogP contribution in [-0.4, -0.2) is 20.1 Å². The SMILES string of the molecule is OC(Cc1cncs1)c1ncccn1. The fourth-order valence-electron chi connectivity index (χ4n) is 1.11. The lowest BCUT2D eigenvalue weighted by molar-refractivity contribution is 0.169. The third-order valence-electron chi connectivity index (χ3n) is 1.76. The lowest BCUT2D eigenvalue weighted by Crippen LogP contribution is -2.05. The van der Waals surface area contributed by atoms with Crippen LogP contribution in [0, 0.1) is 0 Å². The van der Waals surface area contributed by atoms with E-state index in [0.29, 0.717) is 12.2 Å². The van der Waals surface area contributed by atoms with Crippen molar-refractivity contribution in [3.05, 3.63) is 40.9 Å². The molecular formula is C9H9N3OS. The summed E-state index contributed by atoms with van der Waals surface area (Å²) in [5, 5.41) is 9.75. The maximum absolute atomic E-state index is 9.75. The van der Waals surface area contributed by atoms with Crippen molar-refractivity contribution in [3.63, 3.8) is 0 Å². The zero-order valence-electron chi connectivity index (χ0n) is 7.37. The standard InChI is InChI=1S/C9H9N3OS/c13-8(4-7-5-10-6-14-7)9-11-2-1-3-12-9/h1-3,5-6,8,13H,4H2. The highest BCUT2D eigenvalue weighted by Gasteiger charge is 2.11. The first kappa shape index (κ1) is 9.23. The Hall–Kier alpha value is -1.33. The zero-order valence-corrected chi connectivity index (χ0v) is 8.18. The maximum atomic E-state index is 9.75. The Bertz CT molecular complexity index is 376. The van der Waals surface area contributed by atoms with Crippen LogP contribution in [0.25, 0.3) is 0 Å². The minimum Gasteiger partial charge on any atom is -0.385 e. The van der Waals surface area contributed by atoms with Gasteiger partial charge in [-0.2, -0.15) is 0 Å². The first-order chi connectivity index (χ1) is 6.86. The van der Waals surface area contributed by atoms with Gasteiger partial charge in [-0.1, -0.05) is 0 Å². The molecule has 0 amide bonds. The van der Waals surface area contributed by atoms with Crippen molar-refractivity contribution in [1.29, 1.82) is 0 Å². The van der Waals surface area contributed by atoms with Gasteiger partial charge in [-0.15, -0.1) is 11.3 Å². The molecule has 0 radical (unpaired) electrons. The summed E-state index contributed by atoms with van der Waals surface area (Å²) in [6.07, 6.45) is 4.87. The van der Waals surface area contributed by atoms with Crippen molar-refractivity contribution < 1.29 is 5.11 Å². The molecule has 2 rings (SSSR count). The number of rotatable bonds is 3. The maximum Gasteiger partial charge on any atom is 0.157 e. The summed E-state index contributed by atoms with van der Waals surface area (Å²) in [5.41, 5.74) is 1.74. The van der Waals surface area contributed by atoms with E-state index in [1.165, 1.54) is 11.3 Å². The van der Waals surface area contributed by atoms with E-state index in [1.807, 2.05) is 0 Å². The smallest absolute Gasteiger partial charge is 0.157 e. The molecule has 1 N–H and O–H groups in total. The van der Waals surface area contributed by atoms with E-state index < -0.39 is 6.10 Å². The normalized spacial score (nSPS) is 12.6. The highest BCUT2D eigenvalue weighted by Crippen LogP contribution is 2.16. The number of hydrogen-bond acceptors (Lipinski definition) is 5. The quantitative estimate of drug-likeness (QED) is 0.821. The first-order valence-corrected chi connectivity index (χ1v) is 5.06. The van der Waals surface area contributed by atoms with Crippen molar-refractivity contribution in [1.82, 2.24) is 15.0 Å². The summed E-state index contributed by atoms with van der Waals surface area (Å²) < 4.78 is 0. The first-order valence-electron chi connectivity index (χ1n) is 4.18. The second kappa shape index (κ2) is 4.26. The number of aliphatic hydroxyl groups is 1. The van der Waals surface area contributed by atoms with Gasteiger partial charge < -0.3 is 5.11 Å². The molecular weight excluding hydrogens is 198 g/mol. The van der Waals surface area contributed by atoms with Gasteiger partial charge in [0.05, 0.1) is 5.51 Å². The lowest BCUT2D eigenvalue weighted by Gasteiger charge is -2.05. The molecule has 1 unspecified atom stereocenters. The third kappa shape index (κ3) is 2.12. The van der Waals surface area contributed by atoms with Crippen LogP contribution in [0.1, 0.15) is 16.8 Å². The minimum atomic E-state index is -0.642. The largest absolute Gasteiger partial charge is 0.385 e. The Morgan fingerprint density at radius 3 is 2.79 bits per heavy atom. The van der Waals surface area contributed by atoms with Gasteiger partial charge in [0.2, 0.25) is 0 Å². The summed E-state index contributed by atoms with van der Waals surface area (Å²) in [5.74, 6) is 0.459. The van der Waals surface area contributed by atoms with Gasteiger partial charge in [0.1, 0.15) is 6.10 Å². The number of aliphatic hydroxyl groups excluding tert-OH is 1. The third-order valence-corrected chi connectivity index (χ3v) is 2.56. The number of aromatic nitrogens is 3. The minimum absolute atomic E-state index is 0.459. The fourth-order valence-corrected chi connectivity index (χ4v) is 1.74. The summed E-state index contributed by atoms with van der Waals surface area (Å²) in [6, 6.07) is 1.73. The predicted molar refractivity (Wildman–Crippen MR) is 52.8 cm³/mol. The van der Waals surface area contributed by atoms with Crippen LogP contribution in [0.2, 0.25) is 0 Å². The van der Waals surface area contributed by atoms with Gasteiger partial charge in [-0.3, -0.25) is 4.98 Å². The molecule has 14 heavy (non-hydrogen) atoms. The highest BCUT2D eigenvalue weighted by atomic mass is 32.1. The molecule has 0 aliphatic rings. The van der Waals surface area contributed by atoms with Crippen LogP contribution in [-0.2, 0) is 6.42 Å². The molecule has 72 valence electrons. The van der Waals surface area contributed by atoms with Crippen molar-refractivity contribution >= 4 is 11.3 Å². The second-order valence-electron chi connectivity index (χ2n) is 2.79. The molecule has 4 nitrogen and oxygen atoms in total. The number of hydrogen-bond donors (Lipinski definition) is 1. The van der Waals surface area contributed by atoms with Crippen LogP contribution in [0.4, 0.5) is 0 Å². The molecule has 0 aliphatic carbocycles. The van der Waals surface area contributed by atoms with Crippen molar-refractivity contribution in [2.45, 2.75) is 12.5 Å². The zero-order chi connectivity index (χ0) is 9.80. The van der Waals surface area contributed by atoms with Gasteiger partial charge in [0, 0.05) is 29.9 Å². The number of thiazole rings is 1. The van der Waals surface area contributed by atoms with Gasteiger partial charge in [0.25, 0.3) is 0 Å². The molecule has 2 aromatic heterocycles. The molecule has 2 heterocycles. The molecule has 0 saturated carbocycles. The van der Waals surface area contributed by atoms with Gasteiger partial charge in [0.15, 0.2) is 5.82 Å². The van der Waals surface area contributed by atoms with E-state index in [9.17, 15) is 5.11 Å². The Balaban J connectivity index is 2.07. The monoisotopic (exact) mass is 207 g/mol. The molecule has 1 atom stereocenters. The lowest BCUT2D eigenvalue weighted by atomic mass is 10.2. The van der Waals surface area contributed by atoms with E-state index in [4.69, 9.17) is 0 Å². The summed E-state index contributed by atoms with van der Waals surface area (Å²) in [4.78, 5) is 12.9. The van der Waals surface area contributed by atoms with Crippen LogP contribution in [0.5, 0.6) is 0 Å². The van der Waals surface area contributed by atoms with E-state index in [-0.39, 0.29) is 0 Å². The molecule has 0 fully saturated rings. The molecule has 0 bridgehead atoms. The molecule has 0 spiro atoms. The Morgan fingerprint density at radius 2 is 2.14 bits per heavy atom. The molecule has 2 aromatic rings. The fraction of sp³-hybridized carbons (Fsp3) is 0.222. The Labute approximate surface area is 85.3 Å². The Kier molecular flexibility index (Phi) is 2.81. The van der Waals surface area contributed by atoms with Crippen molar-refractivity contribution in [2.24, 2.45) is 0 Å². The van der Waals surface area contributed by atoms with E-state index in [0.717, 1.165) is 4.88 Å². The van der Waals surface area contributed by atoms with Crippen molar-refractivity contribution in [2.75, 3.05) is 0 Å². The van der Waals surface area contributed by atoms with Crippen molar-refractivity contribution in [3.8, 4) is 0 Å². The molecule has 5 heteroatoms.